The minimum atomic E-state index is -3.71. The van der Waals surface area contributed by atoms with Gasteiger partial charge >= 0.3 is 0 Å². The summed E-state index contributed by atoms with van der Waals surface area (Å²) < 4.78 is 22.4. The molecular formula is C18H21N3O4S. The van der Waals surface area contributed by atoms with Crippen molar-refractivity contribution in [3.63, 3.8) is 0 Å². The van der Waals surface area contributed by atoms with Crippen LogP contribution < -0.4 is 15.8 Å². The Morgan fingerprint density at radius 3 is 2.27 bits per heavy atom. The van der Waals surface area contributed by atoms with Crippen molar-refractivity contribution in [1.29, 1.82) is 0 Å². The second-order valence-electron chi connectivity index (χ2n) is 5.83. The number of anilines is 1. The first-order valence-corrected chi connectivity index (χ1v) is 9.54. The lowest BCUT2D eigenvalue weighted by Gasteiger charge is -2.09. The van der Waals surface area contributed by atoms with Crippen LogP contribution in [0, 0.1) is 6.92 Å². The van der Waals surface area contributed by atoms with Gasteiger partial charge in [0, 0.05) is 12.2 Å². The van der Waals surface area contributed by atoms with Crippen molar-refractivity contribution in [3.05, 3.63) is 59.7 Å². The van der Waals surface area contributed by atoms with Crippen LogP contribution in [0.2, 0.25) is 0 Å². The molecule has 0 saturated heterocycles. The van der Waals surface area contributed by atoms with Gasteiger partial charge in [-0.05, 0) is 42.7 Å². The van der Waals surface area contributed by atoms with Crippen LogP contribution in [0.3, 0.4) is 0 Å². The largest absolute Gasteiger partial charge is 0.355 e. The van der Waals surface area contributed by atoms with Gasteiger partial charge in [-0.2, -0.15) is 0 Å². The maximum absolute atomic E-state index is 11.9. The van der Waals surface area contributed by atoms with Crippen molar-refractivity contribution in [3.8, 4) is 0 Å². The minimum absolute atomic E-state index is 0.0400. The number of benzene rings is 2. The van der Waals surface area contributed by atoms with E-state index < -0.39 is 10.0 Å². The van der Waals surface area contributed by atoms with Gasteiger partial charge in [0.05, 0.1) is 4.90 Å². The average molecular weight is 375 g/mol. The number of aryl methyl sites for hydroxylation is 1. The third-order valence-corrected chi connectivity index (χ3v) is 4.66. The van der Waals surface area contributed by atoms with Crippen molar-refractivity contribution >= 4 is 27.5 Å². The van der Waals surface area contributed by atoms with Crippen LogP contribution in [0.4, 0.5) is 5.69 Å². The number of nitrogens with two attached hydrogens (primary N) is 1. The summed E-state index contributed by atoms with van der Waals surface area (Å²) in [4.78, 5) is 23.8. The molecule has 0 fully saturated rings. The molecule has 2 amide bonds. The number of para-hydroxylation sites is 1. The number of amides is 2. The normalized spacial score (nSPS) is 11.0. The molecule has 2 aromatic rings. The van der Waals surface area contributed by atoms with E-state index in [1.165, 1.54) is 12.1 Å². The molecule has 0 aliphatic heterocycles. The quantitative estimate of drug-likeness (QED) is 0.633. The third-order valence-electron chi connectivity index (χ3n) is 3.73. The first-order valence-electron chi connectivity index (χ1n) is 7.99. The van der Waals surface area contributed by atoms with Crippen molar-refractivity contribution < 1.29 is 18.0 Å². The number of primary sulfonamides is 1. The Labute approximate surface area is 152 Å². The molecule has 26 heavy (non-hydrogen) atoms. The third kappa shape index (κ3) is 5.98. The van der Waals surface area contributed by atoms with Crippen LogP contribution >= 0.6 is 0 Å². The summed E-state index contributed by atoms with van der Waals surface area (Å²) in [5.74, 6) is -0.758. The van der Waals surface area contributed by atoms with Gasteiger partial charge in [-0.3, -0.25) is 9.59 Å². The fourth-order valence-electron chi connectivity index (χ4n) is 2.31. The van der Waals surface area contributed by atoms with Gasteiger partial charge < -0.3 is 10.6 Å². The monoisotopic (exact) mass is 375 g/mol. The topological polar surface area (TPSA) is 118 Å². The summed E-state index contributed by atoms with van der Waals surface area (Å²) in [7, 11) is -3.71. The van der Waals surface area contributed by atoms with Crippen LogP contribution in [-0.2, 0) is 26.0 Å². The zero-order chi connectivity index (χ0) is 19.2. The predicted molar refractivity (Wildman–Crippen MR) is 99.0 cm³/mol. The highest BCUT2D eigenvalue weighted by atomic mass is 32.2. The van der Waals surface area contributed by atoms with Gasteiger partial charge in [-0.1, -0.05) is 30.3 Å². The van der Waals surface area contributed by atoms with Gasteiger partial charge in [0.2, 0.25) is 21.8 Å². The van der Waals surface area contributed by atoms with Crippen molar-refractivity contribution in [2.24, 2.45) is 5.14 Å². The molecule has 0 unspecified atom stereocenters. The summed E-state index contributed by atoms with van der Waals surface area (Å²) in [5.41, 5.74) is 2.45. The Morgan fingerprint density at radius 2 is 1.65 bits per heavy atom. The molecule has 0 spiro atoms. The number of nitrogens with one attached hydrogen (secondary N) is 2. The number of hydrogen-bond donors (Lipinski definition) is 3. The summed E-state index contributed by atoms with van der Waals surface area (Å²) in [6.45, 7) is 2.21. The average Bonchev–Trinajstić information content (AvgIpc) is 2.56. The number of sulfonamides is 1. The first kappa shape index (κ1) is 19.6. The highest BCUT2D eigenvalue weighted by molar-refractivity contribution is 7.89. The highest BCUT2D eigenvalue weighted by Gasteiger charge is 2.10. The standard InChI is InChI=1S/C18H21N3O4S/c1-13-4-2-3-5-16(13)21-18(23)12-17(22)20-11-10-14-6-8-15(9-7-14)26(19,24)25/h2-9H,10-12H2,1H3,(H,20,22)(H,21,23)(H2,19,24,25). The molecule has 0 aliphatic carbocycles. The van der Waals surface area contributed by atoms with Crippen molar-refractivity contribution in [2.75, 3.05) is 11.9 Å². The maximum atomic E-state index is 11.9. The lowest BCUT2D eigenvalue weighted by atomic mass is 10.1. The van der Waals surface area contributed by atoms with Crippen LogP contribution in [0.5, 0.6) is 0 Å². The van der Waals surface area contributed by atoms with Crippen LogP contribution in [0.15, 0.2) is 53.4 Å². The molecule has 0 aromatic heterocycles. The summed E-state index contributed by atoms with van der Waals surface area (Å²) >= 11 is 0. The zero-order valence-corrected chi connectivity index (χ0v) is 15.2. The number of carbonyl (C=O) groups is 2. The Morgan fingerprint density at radius 1 is 1.00 bits per heavy atom. The molecule has 0 heterocycles. The van der Waals surface area contributed by atoms with E-state index in [0.29, 0.717) is 18.7 Å². The molecular weight excluding hydrogens is 354 g/mol. The Bertz CT molecular complexity index is 893. The van der Waals surface area contributed by atoms with Crippen molar-refractivity contribution in [1.82, 2.24) is 5.32 Å². The molecule has 7 nitrogen and oxygen atoms in total. The fraction of sp³-hybridized carbons (Fsp3) is 0.222. The summed E-state index contributed by atoms with van der Waals surface area (Å²) in [6, 6.07) is 13.4. The Balaban J connectivity index is 1.76. The summed E-state index contributed by atoms with van der Waals surface area (Å²) in [6.07, 6.45) is 0.245. The SMILES string of the molecule is Cc1ccccc1NC(=O)CC(=O)NCCc1ccc(S(N)(=O)=O)cc1. The molecule has 0 aliphatic rings. The number of hydrogen-bond acceptors (Lipinski definition) is 4. The summed E-state index contributed by atoms with van der Waals surface area (Å²) in [5, 5.41) is 10.4. The lowest BCUT2D eigenvalue weighted by Crippen LogP contribution is -2.29. The maximum Gasteiger partial charge on any atom is 0.238 e. The van der Waals surface area contributed by atoms with E-state index in [4.69, 9.17) is 5.14 Å². The van der Waals surface area contributed by atoms with Gasteiger partial charge in [0.15, 0.2) is 0 Å². The van der Waals surface area contributed by atoms with Crippen LogP contribution in [-0.4, -0.2) is 26.8 Å². The molecule has 2 rings (SSSR count). The fourth-order valence-corrected chi connectivity index (χ4v) is 2.82. The van der Waals surface area contributed by atoms with Gasteiger partial charge in [0.1, 0.15) is 6.42 Å². The molecule has 0 bridgehead atoms. The van der Waals surface area contributed by atoms with Gasteiger partial charge in [-0.25, -0.2) is 13.6 Å². The minimum Gasteiger partial charge on any atom is -0.355 e. The van der Waals surface area contributed by atoms with Crippen LogP contribution in [0.1, 0.15) is 17.5 Å². The van der Waals surface area contributed by atoms with Gasteiger partial charge in [0.25, 0.3) is 0 Å². The second-order valence-corrected chi connectivity index (χ2v) is 7.39. The molecule has 2 aromatic carbocycles. The van der Waals surface area contributed by atoms with E-state index in [-0.39, 0.29) is 23.1 Å². The van der Waals surface area contributed by atoms with E-state index in [9.17, 15) is 18.0 Å². The van der Waals surface area contributed by atoms with E-state index in [2.05, 4.69) is 10.6 Å². The second kappa shape index (κ2) is 8.59. The molecule has 0 saturated carbocycles. The Kier molecular flexibility index (Phi) is 6.48. The van der Waals surface area contributed by atoms with E-state index in [0.717, 1.165) is 11.1 Å². The molecule has 8 heteroatoms. The van der Waals surface area contributed by atoms with Gasteiger partial charge in [-0.15, -0.1) is 0 Å². The molecule has 0 atom stereocenters. The predicted octanol–water partition coefficient (Wildman–Crippen LogP) is 1.33. The lowest BCUT2D eigenvalue weighted by molar-refractivity contribution is -0.126. The number of rotatable bonds is 7. The van der Waals surface area contributed by atoms with E-state index in [1.807, 2.05) is 25.1 Å². The number of carbonyl (C=O) groups excluding carboxylic acids is 2. The molecule has 4 N–H and O–H groups in total. The highest BCUT2D eigenvalue weighted by Crippen LogP contribution is 2.13. The van der Waals surface area contributed by atoms with E-state index >= 15 is 0 Å². The Hall–Kier alpha value is -2.71. The van der Waals surface area contributed by atoms with Crippen LogP contribution in [0.25, 0.3) is 0 Å². The molecule has 138 valence electrons. The molecule has 0 radical (unpaired) electrons. The van der Waals surface area contributed by atoms with E-state index in [1.54, 1.807) is 18.2 Å². The van der Waals surface area contributed by atoms with Crippen molar-refractivity contribution in [2.45, 2.75) is 24.7 Å². The smallest absolute Gasteiger partial charge is 0.238 e. The first-order chi connectivity index (χ1) is 12.3. The zero-order valence-electron chi connectivity index (χ0n) is 14.4.